The number of amides is 12. The van der Waals surface area contributed by atoms with Crippen molar-refractivity contribution in [1.29, 1.82) is 0 Å². The highest BCUT2D eigenvalue weighted by molar-refractivity contribution is 6.01. The van der Waals surface area contributed by atoms with Crippen molar-refractivity contribution in [1.82, 2.24) is 67.6 Å². The number of rotatable bonds is 15. The van der Waals surface area contributed by atoms with Crippen LogP contribution in [0, 0.1) is 11.6 Å². The van der Waals surface area contributed by atoms with E-state index in [9.17, 15) is 52.6 Å². The summed E-state index contributed by atoms with van der Waals surface area (Å²) in [5.41, 5.74) is 12.4. The average Bonchev–Trinajstić information content (AvgIpc) is 1.71. The number of fused-ring (bicyclic) bond motifs is 32. The second kappa shape index (κ2) is 36.3. The summed E-state index contributed by atoms with van der Waals surface area (Å²) in [6.07, 6.45) is -2.48. The number of ether oxygens (including phenoxy) is 2. The number of methoxy groups -OCH3 is 1. The maximum atomic E-state index is 16.2. The molecule has 0 saturated carbocycles. The zero-order valence-corrected chi connectivity index (χ0v) is 60.0. The molecular weight excluding hydrogens is 1400 g/mol. The summed E-state index contributed by atoms with van der Waals surface area (Å²) in [6.45, 7) is 4.64. The third-order valence-electron chi connectivity index (χ3n) is 19.5. The second-order valence-corrected chi connectivity index (χ2v) is 27.3. The van der Waals surface area contributed by atoms with Crippen molar-refractivity contribution >= 4 is 92.7 Å². The first-order valence-electron chi connectivity index (χ1n) is 35.5. The number of nitrogens with one attached hydrogen (secondary N) is 11. The number of nitrogens with zero attached hydrogens (tertiary/aromatic N) is 2. The van der Waals surface area contributed by atoms with Crippen LogP contribution in [0.1, 0.15) is 101 Å². The van der Waals surface area contributed by atoms with Gasteiger partial charge in [0, 0.05) is 79.3 Å². The lowest BCUT2D eigenvalue weighted by atomic mass is 9.94. The molecular formula is C74H92F3N15O15. The highest BCUT2D eigenvalue weighted by Crippen LogP contribution is 2.32. The largest absolute Gasteiger partial charge is 0.497 e. The fourth-order valence-electron chi connectivity index (χ4n) is 13.4. The lowest BCUT2D eigenvalue weighted by molar-refractivity contribution is -0.147. The van der Waals surface area contributed by atoms with Crippen LogP contribution < -0.4 is 68.8 Å². The van der Waals surface area contributed by atoms with Gasteiger partial charge in [0.05, 0.1) is 32.7 Å². The summed E-state index contributed by atoms with van der Waals surface area (Å²) >= 11 is 0. The number of hydrogen-bond donors (Lipinski definition) is 14. The number of nitrogens with two attached hydrogens (primary N) is 2. The fourth-order valence-corrected chi connectivity index (χ4v) is 13.4. The Morgan fingerprint density at radius 3 is 1.94 bits per heavy atom. The van der Waals surface area contributed by atoms with E-state index in [1.54, 1.807) is 48.5 Å². The molecule has 2 bridgehead atoms. The van der Waals surface area contributed by atoms with E-state index < -0.39 is 187 Å². The monoisotopic (exact) mass is 1490 g/mol. The number of carbonyl (C=O) groups is 12. The molecule has 16 N–H and O–H groups in total. The van der Waals surface area contributed by atoms with Crippen LogP contribution in [0.3, 0.4) is 0 Å². The van der Waals surface area contributed by atoms with E-state index >= 15 is 23.2 Å². The van der Waals surface area contributed by atoms with Gasteiger partial charge in [0.2, 0.25) is 70.9 Å². The lowest BCUT2D eigenvalue weighted by Crippen LogP contribution is -2.64. The van der Waals surface area contributed by atoms with Gasteiger partial charge in [-0.25, -0.2) is 13.2 Å². The molecule has 12 amide bonds. The van der Waals surface area contributed by atoms with Crippen molar-refractivity contribution < 1.29 is 85.3 Å². The second-order valence-electron chi connectivity index (χ2n) is 27.3. The Hall–Kier alpha value is -11.1. The van der Waals surface area contributed by atoms with E-state index in [1.165, 1.54) is 75.5 Å². The summed E-state index contributed by atoms with van der Waals surface area (Å²) in [5.74, 6) is -11.7. The molecule has 6 heterocycles. The predicted octanol–water partition coefficient (Wildman–Crippen LogP) is 0.729. The predicted molar refractivity (Wildman–Crippen MR) is 383 cm³/mol. The number of primary amides is 1. The Labute approximate surface area is 614 Å². The third kappa shape index (κ3) is 20.5. The minimum atomic E-state index is -1.92. The number of benzene rings is 4. The molecule has 10 rings (SSSR count). The van der Waals surface area contributed by atoms with Crippen LogP contribution in [0.25, 0.3) is 21.8 Å². The van der Waals surface area contributed by atoms with Gasteiger partial charge in [0.25, 0.3) is 0 Å². The molecule has 574 valence electrons. The molecule has 6 aromatic rings. The molecule has 0 unspecified atom stereocenters. The molecule has 107 heavy (non-hydrogen) atoms. The number of aliphatic hydroxyl groups excluding tert-OH is 1. The van der Waals surface area contributed by atoms with Gasteiger partial charge in [-0.05, 0) is 142 Å². The fraction of sp³-hybridized carbons (Fsp3) is 0.459. The number of unbranched alkanes of at least 4 members (excludes halogenated alkanes) is 1. The highest BCUT2D eigenvalue weighted by atomic mass is 19.1. The van der Waals surface area contributed by atoms with Crippen LogP contribution in [-0.4, -0.2) is 208 Å². The van der Waals surface area contributed by atoms with Crippen LogP contribution in [0.5, 0.6) is 11.5 Å². The average molecular weight is 1490 g/mol. The van der Waals surface area contributed by atoms with Crippen molar-refractivity contribution in [3.63, 3.8) is 0 Å². The van der Waals surface area contributed by atoms with Crippen molar-refractivity contribution in [2.24, 2.45) is 11.5 Å². The summed E-state index contributed by atoms with van der Waals surface area (Å²) in [6, 6.07) is 5.83. The van der Waals surface area contributed by atoms with E-state index in [4.69, 9.17) is 20.9 Å². The zero-order valence-electron chi connectivity index (χ0n) is 60.0. The van der Waals surface area contributed by atoms with Gasteiger partial charge in [-0.15, -0.1) is 0 Å². The van der Waals surface area contributed by atoms with Crippen LogP contribution in [-0.2, 0) is 83.2 Å². The molecule has 2 fully saturated rings. The smallest absolute Gasteiger partial charge is 0.246 e. The Bertz CT molecular complexity index is 4250. The number of aromatic amines is 2. The number of carbonyl (C=O) groups excluding carboxylic acids is 12. The summed E-state index contributed by atoms with van der Waals surface area (Å²) < 4.78 is 57.5. The summed E-state index contributed by atoms with van der Waals surface area (Å²) in [5, 5.41) is 35.3. The van der Waals surface area contributed by atoms with Gasteiger partial charge < -0.3 is 93.7 Å². The Kier molecular flexibility index (Phi) is 27.1. The van der Waals surface area contributed by atoms with Crippen molar-refractivity contribution in [3.8, 4) is 11.5 Å². The maximum absolute atomic E-state index is 16.2. The molecule has 12 atom stereocenters. The van der Waals surface area contributed by atoms with Gasteiger partial charge in [0.15, 0.2) is 0 Å². The quantitative estimate of drug-likeness (QED) is 0.0498. The Morgan fingerprint density at radius 1 is 0.720 bits per heavy atom. The van der Waals surface area contributed by atoms with Gasteiger partial charge in [-0.2, -0.15) is 0 Å². The SMILES string of the molecule is CCC(=O)N[C@H]1CC(=O)NCCOc2ccc(cc2)C[C@@H](C(N)=O)NC(=O)[C@]2(C)CCCN2C(=O)[C@H](Cc2ccc(OC)cc2)NC(=O)[C@H]([C@@H](C)O)NC(=O)[C@@H]2C[C@H](F)CN2C(=O)[C@H](Cc2c[nH]c3ccc(F)cc23)NC(=O)[C@H](Cc2c[nH]c3ccc(F)cc23)NC(=O)[C@@H](C)NC(=O)[C@H](CCCCN)NC1=O. The number of halogens is 3. The van der Waals surface area contributed by atoms with E-state index in [0.29, 0.717) is 40.1 Å². The first-order valence-corrected chi connectivity index (χ1v) is 35.5. The molecule has 4 aromatic carbocycles. The lowest BCUT2D eigenvalue weighted by Gasteiger charge is -2.37. The summed E-state index contributed by atoms with van der Waals surface area (Å²) in [7, 11) is 1.45. The number of H-pyrrole nitrogens is 2. The number of aliphatic hydroxyl groups is 1. The van der Waals surface area contributed by atoms with E-state index in [2.05, 4.69) is 57.8 Å². The highest BCUT2D eigenvalue weighted by Gasteiger charge is 2.50. The molecule has 0 radical (unpaired) electrons. The van der Waals surface area contributed by atoms with Gasteiger partial charge >= 0.3 is 0 Å². The molecule has 33 heteroatoms. The number of hydrogen-bond acceptors (Lipinski definition) is 16. The molecule has 0 spiro atoms. The molecule has 4 aliphatic heterocycles. The van der Waals surface area contributed by atoms with Crippen molar-refractivity contribution in [3.05, 3.63) is 131 Å². The minimum Gasteiger partial charge on any atom is -0.497 e. The van der Waals surface area contributed by atoms with Crippen LogP contribution in [0.15, 0.2) is 97.3 Å². The molecule has 0 aliphatic carbocycles. The molecule has 2 aromatic heterocycles. The van der Waals surface area contributed by atoms with Gasteiger partial charge in [0.1, 0.15) is 95.8 Å². The Balaban J connectivity index is 1.07. The van der Waals surface area contributed by atoms with Crippen LogP contribution in [0.4, 0.5) is 13.2 Å². The van der Waals surface area contributed by atoms with Crippen LogP contribution in [0.2, 0.25) is 0 Å². The minimum absolute atomic E-state index is 0.0137. The standard InChI is InChI=1S/C74H92F3N15O15/c1-6-61(94)84-57-35-62(95)80-25-27-107-49-19-13-41(14-20-49)28-55(64(79)96)89-73(105)74(4)23-9-26-92(74)72(104)58(29-42-11-17-48(106-5)18-12-42)88-70(102)63(40(3)93)90-69(101)60-34-47(77)38-91(60)71(103)59(31-44-37-82-53-22-16-46(76)33-51(44)53)87-67(99)56(30-43-36-81-52-21-15-45(75)32-50(43)52)86-65(97)39(2)83-66(98)54(85-68(57)100)10-7-8-24-78/h11-22,32-33,36-37,39-40,47,54-60,63,81-82,93H,6-10,23-31,34-35,38,78H2,1-5H3,(H2,79,96)(H,80,95)(H,83,98)(H,84,94)(H,85,100)(H,86,97)(H,87,99)(H,88,102)(H,89,105)(H,90,101)/t39-,40-,47+,54+,55+,56+,57+,58+,59+,60+,63+,74+/m1/s1. The van der Waals surface area contributed by atoms with Gasteiger partial charge in [-0.1, -0.05) is 31.2 Å². The van der Waals surface area contributed by atoms with E-state index in [1.807, 2.05) is 0 Å². The van der Waals surface area contributed by atoms with E-state index in [0.717, 1.165) is 17.9 Å². The maximum Gasteiger partial charge on any atom is 0.246 e. The number of aromatic nitrogens is 2. The third-order valence-corrected chi connectivity index (χ3v) is 19.5. The first kappa shape index (κ1) is 80.0. The normalized spacial score (nSPS) is 25.1. The molecule has 30 nitrogen and oxygen atoms in total. The number of alkyl halides is 1. The Morgan fingerprint density at radius 2 is 1.33 bits per heavy atom. The molecule has 4 aliphatic rings. The zero-order chi connectivity index (χ0) is 77.4. The van der Waals surface area contributed by atoms with Crippen molar-refractivity contribution in [2.45, 2.75) is 177 Å². The molecule has 2 saturated heterocycles. The first-order chi connectivity index (χ1) is 51.1. The van der Waals surface area contributed by atoms with Crippen LogP contribution >= 0.6 is 0 Å². The van der Waals surface area contributed by atoms with Gasteiger partial charge in [-0.3, -0.25) is 57.5 Å². The summed E-state index contributed by atoms with van der Waals surface area (Å²) in [4.78, 5) is 181. The topological polar surface area (TPSA) is 442 Å². The van der Waals surface area contributed by atoms with E-state index in [-0.39, 0.29) is 93.1 Å². The van der Waals surface area contributed by atoms with Crippen molar-refractivity contribution in [2.75, 3.05) is 39.9 Å².